The number of likely N-dealkylation sites (tertiary alicyclic amines) is 1. The predicted octanol–water partition coefficient (Wildman–Crippen LogP) is 2.47. The summed E-state index contributed by atoms with van der Waals surface area (Å²) in [5.41, 5.74) is -1.11. The van der Waals surface area contributed by atoms with Gasteiger partial charge in [0.1, 0.15) is 17.1 Å². The zero-order valence-electron chi connectivity index (χ0n) is 16.8. The van der Waals surface area contributed by atoms with Crippen molar-refractivity contribution in [2.75, 3.05) is 39.3 Å². The molecule has 26 heavy (non-hydrogen) atoms. The van der Waals surface area contributed by atoms with Gasteiger partial charge in [-0.1, -0.05) is 6.92 Å². The molecule has 2 rings (SSSR count). The fourth-order valence-electron chi connectivity index (χ4n) is 3.36. The third-order valence-corrected chi connectivity index (χ3v) is 5.16. The van der Waals surface area contributed by atoms with E-state index in [4.69, 9.17) is 4.42 Å². The van der Waals surface area contributed by atoms with E-state index in [1.54, 1.807) is 6.92 Å². The fourth-order valence-corrected chi connectivity index (χ4v) is 3.36. The van der Waals surface area contributed by atoms with Crippen molar-refractivity contribution in [2.24, 2.45) is 10.9 Å². The van der Waals surface area contributed by atoms with E-state index in [-0.39, 0.29) is 6.54 Å². The van der Waals surface area contributed by atoms with Crippen LogP contribution >= 0.6 is 0 Å². The van der Waals surface area contributed by atoms with E-state index in [1.165, 1.54) is 25.9 Å². The number of aliphatic hydroxyl groups is 1. The van der Waals surface area contributed by atoms with Crippen LogP contribution in [0.2, 0.25) is 0 Å². The maximum absolute atomic E-state index is 10.6. The minimum atomic E-state index is -1.11. The van der Waals surface area contributed by atoms with E-state index in [0.29, 0.717) is 5.76 Å². The van der Waals surface area contributed by atoms with Crippen LogP contribution in [0, 0.1) is 12.8 Å². The van der Waals surface area contributed by atoms with Gasteiger partial charge >= 0.3 is 0 Å². The summed E-state index contributed by atoms with van der Waals surface area (Å²) in [5.74, 6) is 2.89. The van der Waals surface area contributed by atoms with Gasteiger partial charge in [0, 0.05) is 13.1 Å². The SMILES string of the molecule is CCNC(=NCC(C)(O)c1ccc(C)o1)NCCC1CCN(CC)CC1. The van der Waals surface area contributed by atoms with Gasteiger partial charge in [0.2, 0.25) is 0 Å². The monoisotopic (exact) mass is 364 g/mol. The maximum Gasteiger partial charge on any atom is 0.191 e. The molecular weight excluding hydrogens is 328 g/mol. The van der Waals surface area contributed by atoms with Crippen LogP contribution < -0.4 is 10.6 Å². The Morgan fingerprint density at radius 1 is 1.31 bits per heavy atom. The molecule has 6 nitrogen and oxygen atoms in total. The normalized spacial score (nSPS) is 19.3. The lowest BCUT2D eigenvalue weighted by molar-refractivity contribution is 0.0428. The number of rotatable bonds is 8. The molecule has 1 atom stereocenters. The van der Waals surface area contributed by atoms with Crippen LogP contribution in [0.4, 0.5) is 0 Å². The number of piperidine rings is 1. The molecule has 1 saturated heterocycles. The smallest absolute Gasteiger partial charge is 0.191 e. The number of nitrogens with zero attached hydrogens (tertiary/aromatic N) is 2. The fraction of sp³-hybridized carbons (Fsp3) is 0.750. The van der Waals surface area contributed by atoms with Gasteiger partial charge in [0.05, 0.1) is 6.54 Å². The lowest BCUT2D eigenvalue weighted by Gasteiger charge is -2.31. The van der Waals surface area contributed by atoms with E-state index >= 15 is 0 Å². The second-order valence-corrected chi connectivity index (χ2v) is 7.47. The first-order valence-electron chi connectivity index (χ1n) is 9.98. The van der Waals surface area contributed by atoms with Gasteiger partial charge in [-0.25, -0.2) is 4.99 Å². The maximum atomic E-state index is 10.6. The van der Waals surface area contributed by atoms with E-state index < -0.39 is 5.60 Å². The second-order valence-electron chi connectivity index (χ2n) is 7.47. The third kappa shape index (κ3) is 6.32. The predicted molar refractivity (Wildman–Crippen MR) is 106 cm³/mol. The zero-order chi connectivity index (χ0) is 19.0. The topological polar surface area (TPSA) is 73.0 Å². The minimum absolute atomic E-state index is 0.254. The van der Waals surface area contributed by atoms with Crippen molar-refractivity contribution in [3.05, 3.63) is 23.7 Å². The van der Waals surface area contributed by atoms with Gasteiger partial charge in [0.15, 0.2) is 5.96 Å². The van der Waals surface area contributed by atoms with Crippen molar-refractivity contribution in [1.29, 1.82) is 0 Å². The van der Waals surface area contributed by atoms with Crippen LogP contribution in [-0.4, -0.2) is 55.2 Å². The summed E-state index contributed by atoms with van der Waals surface area (Å²) < 4.78 is 5.55. The van der Waals surface area contributed by atoms with Crippen LogP contribution in [0.15, 0.2) is 21.5 Å². The summed E-state index contributed by atoms with van der Waals surface area (Å²) in [6, 6.07) is 3.68. The van der Waals surface area contributed by atoms with Gasteiger partial charge in [-0.3, -0.25) is 0 Å². The standard InChI is InChI=1S/C20H36N4O2/c1-5-21-19(22-12-9-17-10-13-24(6-2)14-11-17)23-15-20(4,25)18-8-7-16(3)26-18/h7-8,17,25H,5-6,9-15H2,1-4H3,(H2,21,22,23). The summed E-state index contributed by atoms with van der Waals surface area (Å²) >= 11 is 0. The van der Waals surface area contributed by atoms with E-state index in [1.807, 2.05) is 26.0 Å². The molecule has 0 saturated carbocycles. The van der Waals surface area contributed by atoms with Gasteiger partial charge in [-0.15, -0.1) is 0 Å². The molecule has 6 heteroatoms. The molecule has 1 aromatic heterocycles. The van der Waals surface area contributed by atoms with Gasteiger partial charge in [-0.05, 0) is 77.7 Å². The number of guanidine groups is 1. The van der Waals surface area contributed by atoms with Gasteiger partial charge < -0.3 is 25.1 Å². The van der Waals surface area contributed by atoms with Crippen LogP contribution in [0.1, 0.15) is 51.6 Å². The molecule has 1 aliphatic rings. The number of furan rings is 1. The Morgan fingerprint density at radius 3 is 2.62 bits per heavy atom. The van der Waals surface area contributed by atoms with E-state index in [0.717, 1.165) is 43.7 Å². The number of nitrogens with one attached hydrogen (secondary N) is 2. The summed E-state index contributed by atoms with van der Waals surface area (Å²) in [4.78, 5) is 7.08. The molecule has 1 aromatic rings. The molecule has 1 fully saturated rings. The Kier molecular flexibility index (Phi) is 7.97. The average Bonchev–Trinajstić information content (AvgIpc) is 3.08. The summed E-state index contributed by atoms with van der Waals surface area (Å²) in [7, 11) is 0. The Hall–Kier alpha value is -1.53. The van der Waals surface area contributed by atoms with E-state index in [9.17, 15) is 5.11 Å². The third-order valence-electron chi connectivity index (χ3n) is 5.16. The number of aryl methyl sites for hydroxylation is 1. The van der Waals surface area contributed by atoms with Crippen molar-refractivity contribution in [3.8, 4) is 0 Å². The lowest BCUT2D eigenvalue weighted by Crippen LogP contribution is -2.40. The average molecular weight is 365 g/mol. The Labute approximate surface area is 158 Å². The number of aliphatic imine (C=N–C) groups is 1. The van der Waals surface area contributed by atoms with Gasteiger partial charge in [-0.2, -0.15) is 0 Å². The molecule has 0 aromatic carbocycles. The molecule has 0 radical (unpaired) electrons. The Balaban J connectivity index is 1.81. The molecule has 1 unspecified atom stereocenters. The zero-order valence-corrected chi connectivity index (χ0v) is 16.8. The van der Waals surface area contributed by atoms with Gasteiger partial charge in [0.25, 0.3) is 0 Å². The minimum Gasteiger partial charge on any atom is -0.463 e. The van der Waals surface area contributed by atoms with Crippen molar-refractivity contribution in [2.45, 2.75) is 52.6 Å². The first kappa shape index (κ1) is 20.8. The highest BCUT2D eigenvalue weighted by molar-refractivity contribution is 5.79. The highest BCUT2D eigenvalue weighted by Crippen LogP contribution is 2.23. The Morgan fingerprint density at radius 2 is 2.04 bits per heavy atom. The number of hydrogen-bond acceptors (Lipinski definition) is 4. The molecule has 2 heterocycles. The molecule has 0 amide bonds. The molecule has 1 aliphatic heterocycles. The largest absolute Gasteiger partial charge is 0.463 e. The summed E-state index contributed by atoms with van der Waals surface area (Å²) in [6.45, 7) is 13.5. The highest BCUT2D eigenvalue weighted by atomic mass is 16.4. The van der Waals surface area contributed by atoms with Crippen molar-refractivity contribution in [3.63, 3.8) is 0 Å². The summed E-state index contributed by atoms with van der Waals surface area (Å²) in [5, 5.41) is 17.3. The van der Waals surface area contributed by atoms with Crippen LogP contribution in [0.25, 0.3) is 0 Å². The second kappa shape index (κ2) is 9.97. The quantitative estimate of drug-likeness (QED) is 0.488. The van der Waals surface area contributed by atoms with Crippen molar-refractivity contribution in [1.82, 2.24) is 15.5 Å². The Bertz CT molecular complexity index is 560. The van der Waals surface area contributed by atoms with Crippen molar-refractivity contribution < 1.29 is 9.52 Å². The van der Waals surface area contributed by atoms with Crippen LogP contribution in [-0.2, 0) is 5.60 Å². The summed E-state index contributed by atoms with van der Waals surface area (Å²) in [6.07, 6.45) is 3.74. The molecule has 0 bridgehead atoms. The highest BCUT2D eigenvalue weighted by Gasteiger charge is 2.26. The van der Waals surface area contributed by atoms with Crippen LogP contribution in [0.5, 0.6) is 0 Å². The van der Waals surface area contributed by atoms with E-state index in [2.05, 4.69) is 27.4 Å². The molecule has 0 aliphatic carbocycles. The first-order valence-corrected chi connectivity index (χ1v) is 9.98. The molecule has 0 spiro atoms. The van der Waals surface area contributed by atoms with Crippen LogP contribution in [0.3, 0.4) is 0 Å². The molecule has 148 valence electrons. The molecule has 3 N–H and O–H groups in total. The lowest BCUT2D eigenvalue weighted by atomic mass is 9.93. The first-order chi connectivity index (χ1) is 12.4. The molecular formula is C20H36N4O2. The van der Waals surface area contributed by atoms with Crippen molar-refractivity contribution >= 4 is 5.96 Å². The number of hydrogen-bond donors (Lipinski definition) is 3.